The first-order chi connectivity index (χ1) is 4.67. The van der Waals surface area contributed by atoms with Gasteiger partial charge in [0.2, 0.25) is 0 Å². The predicted molar refractivity (Wildman–Crippen MR) is 49.0 cm³/mol. The molecule has 0 aromatic rings. The van der Waals surface area contributed by atoms with Gasteiger partial charge >= 0.3 is 0 Å². The summed E-state index contributed by atoms with van der Waals surface area (Å²) in [5.74, 6) is 0.654. The summed E-state index contributed by atoms with van der Waals surface area (Å²) in [6.07, 6.45) is 1.13. The quantitative estimate of drug-likeness (QED) is 0.661. The summed E-state index contributed by atoms with van der Waals surface area (Å²) in [7, 11) is 0. The summed E-state index contributed by atoms with van der Waals surface area (Å²) >= 11 is 0. The number of halogens is 1. The van der Waals surface area contributed by atoms with E-state index in [2.05, 4.69) is 13.8 Å². The fourth-order valence-electron chi connectivity index (χ4n) is 1.51. The Morgan fingerprint density at radius 3 is 2.55 bits per heavy atom. The number of ether oxygens (including phenoxy) is 1. The topological polar surface area (TPSA) is 35.2 Å². The Morgan fingerprint density at radius 1 is 1.55 bits per heavy atom. The molecule has 1 aliphatic rings. The van der Waals surface area contributed by atoms with E-state index in [1.54, 1.807) is 0 Å². The first kappa shape index (κ1) is 11.2. The van der Waals surface area contributed by atoms with Gasteiger partial charge in [0.15, 0.2) is 0 Å². The van der Waals surface area contributed by atoms with E-state index < -0.39 is 0 Å². The normalized spacial score (nSPS) is 29.2. The molecule has 0 saturated carbocycles. The zero-order chi connectivity index (χ0) is 7.61. The molecule has 0 aliphatic carbocycles. The molecule has 0 aromatic heterocycles. The van der Waals surface area contributed by atoms with Crippen molar-refractivity contribution in [1.29, 1.82) is 0 Å². The summed E-state index contributed by atoms with van der Waals surface area (Å²) in [5, 5.41) is 0. The van der Waals surface area contributed by atoms with E-state index in [4.69, 9.17) is 10.5 Å². The Balaban J connectivity index is 0.000001000. The van der Waals surface area contributed by atoms with Crippen LogP contribution in [0, 0.1) is 11.3 Å². The van der Waals surface area contributed by atoms with Crippen molar-refractivity contribution in [1.82, 2.24) is 0 Å². The molecule has 2 N–H and O–H groups in total. The smallest absolute Gasteiger partial charge is 0.0520 e. The van der Waals surface area contributed by atoms with Gasteiger partial charge in [-0.05, 0) is 24.3 Å². The lowest BCUT2D eigenvalue weighted by molar-refractivity contribution is -0.0279. The molecule has 68 valence electrons. The minimum Gasteiger partial charge on any atom is -0.381 e. The molecular weight excluding hydrogens is 162 g/mol. The van der Waals surface area contributed by atoms with Crippen LogP contribution < -0.4 is 5.73 Å². The standard InChI is InChI=1S/C8H17NO.ClH/c1-8(2)6-10-4-3-7(8)5-9;/h7H,3-6,9H2,1-2H3;1H. The van der Waals surface area contributed by atoms with Crippen molar-refractivity contribution in [3.63, 3.8) is 0 Å². The van der Waals surface area contributed by atoms with Crippen LogP contribution in [0.1, 0.15) is 20.3 Å². The van der Waals surface area contributed by atoms with Gasteiger partial charge in [0, 0.05) is 6.61 Å². The van der Waals surface area contributed by atoms with Gasteiger partial charge < -0.3 is 10.5 Å². The minimum absolute atomic E-state index is 0. The highest BCUT2D eigenvalue weighted by atomic mass is 35.5. The van der Waals surface area contributed by atoms with E-state index in [-0.39, 0.29) is 12.4 Å². The fourth-order valence-corrected chi connectivity index (χ4v) is 1.51. The third-order valence-electron chi connectivity index (χ3n) is 2.47. The van der Waals surface area contributed by atoms with Gasteiger partial charge in [0.1, 0.15) is 0 Å². The first-order valence-corrected chi connectivity index (χ1v) is 3.94. The van der Waals surface area contributed by atoms with Crippen molar-refractivity contribution in [3.05, 3.63) is 0 Å². The Hall–Kier alpha value is 0.210. The van der Waals surface area contributed by atoms with E-state index >= 15 is 0 Å². The Morgan fingerprint density at radius 2 is 2.18 bits per heavy atom. The second kappa shape index (κ2) is 4.29. The highest BCUT2D eigenvalue weighted by molar-refractivity contribution is 5.85. The molecule has 1 fully saturated rings. The molecule has 0 radical (unpaired) electrons. The molecule has 3 heteroatoms. The summed E-state index contributed by atoms with van der Waals surface area (Å²) < 4.78 is 5.36. The average Bonchev–Trinajstić information content (AvgIpc) is 1.87. The molecule has 0 amide bonds. The monoisotopic (exact) mass is 179 g/mol. The molecule has 1 heterocycles. The maximum absolute atomic E-state index is 5.62. The van der Waals surface area contributed by atoms with Crippen molar-refractivity contribution >= 4 is 12.4 Å². The fraction of sp³-hybridized carbons (Fsp3) is 1.00. The highest BCUT2D eigenvalue weighted by Crippen LogP contribution is 2.32. The Bertz CT molecular complexity index is 117. The van der Waals surface area contributed by atoms with Crippen molar-refractivity contribution in [2.45, 2.75) is 20.3 Å². The summed E-state index contributed by atoms with van der Waals surface area (Å²) in [6.45, 7) is 7.02. The second-order valence-electron chi connectivity index (χ2n) is 3.76. The summed E-state index contributed by atoms with van der Waals surface area (Å²) in [5.41, 5.74) is 5.92. The molecule has 1 rings (SSSR count). The van der Waals surface area contributed by atoms with Crippen molar-refractivity contribution in [3.8, 4) is 0 Å². The van der Waals surface area contributed by atoms with Gasteiger partial charge in [-0.2, -0.15) is 0 Å². The molecule has 1 unspecified atom stereocenters. The molecule has 11 heavy (non-hydrogen) atoms. The van der Waals surface area contributed by atoms with E-state index in [0.29, 0.717) is 11.3 Å². The molecule has 0 aromatic carbocycles. The first-order valence-electron chi connectivity index (χ1n) is 3.94. The second-order valence-corrected chi connectivity index (χ2v) is 3.76. The lowest BCUT2D eigenvalue weighted by Crippen LogP contribution is -2.39. The van der Waals surface area contributed by atoms with Crippen LogP contribution in [0.3, 0.4) is 0 Å². The molecule has 1 saturated heterocycles. The van der Waals surface area contributed by atoms with Crippen molar-refractivity contribution in [2.24, 2.45) is 17.1 Å². The van der Waals surface area contributed by atoms with Gasteiger partial charge in [-0.3, -0.25) is 0 Å². The van der Waals surface area contributed by atoms with Crippen LogP contribution in [0.25, 0.3) is 0 Å². The van der Waals surface area contributed by atoms with Gasteiger partial charge in [-0.1, -0.05) is 13.8 Å². The molecule has 0 bridgehead atoms. The zero-order valence-corrected chi connectivity index (χ0v) is 8.12. The maximum Gasteiger partial charge on any atom is 0.0520 e. The van der Waals surface area contributed by atoms with E-state index in [1.807, 2.05) is 0 Å². The van der Waals surface area contributed by atoms with E-state index in [9.17, 15) is 0 Å². The largest absolute Gasteiger partial charge is 0.381 e. The minimum atomic E-state index is 0. The third kappa shape index (κ3) is 2.62. The summed E-state index contributed by atoms with van der Waals surface area (Å²) in [4.78, 5) is 0. The van der Waals surface area contributed by atoms with Gasteiger partial charge in [-0.15, -0.1) is 12.4 Å². The molecule has 0 spiro atoms. The zero-order valence-electron chi connectivity index (χ0n) is 7.30. The number of rotatable bonds is 1. The number of hydrogen-bond acceptors (Lipinski definition) is 2. The molecule has 1 aliphatic heterocycles. The third-order valence-corrected chi connectivity index (χ3v) is 2.47. The number of nitrogens with two attached hydrogens (primary N) is 1. The van der Waals surface area contributed by atoms with Crippen LogP contribution in [0.2, 0.25) is 0 Å². The van der Waals surface area contributed by atoms with Crippen LogP contribution in [0.5, 0.6) is 0 Å². The van der Waals surface area contributed by atoms with Gasteiger partial charge in [-0.25, -0.2) is 0 Å². The van der Waals surface area contributed by atoms with E-state index in [0.717, 1.165) is 26.2 Å². The van der Waals surface area contributed by atoms with Crippen molar-refractivity contribution in [2.75, 3.05) is 19.8 Å². The summed E-state index contributed by atoms with van der Waals surface area (Å²) in [6, 6.07) is 0. The number of hydrogen-bond donors (Lipinski definition) is 1. The van der Waals surface area contributed by atoms with Gasteiger partial charge in [0.05, 0.1) is 6.61 Å². The van der Waals surface area contributed by atoms with Crippen molar-refractivity contribution < 1.29 is 4.74 Å². The van der Waals surface area contributed by atoms with Gasteiger partial charge in [0.25, 0.3) is 0 Å². The Kier molecular flexibility index (Phi) is 4.37. The van der Waals surface area contributed by atoms with Crippen LogP contribution in [-0.4, -0.2) is 19.8 Å². The molecule has 1 atom stereocenters. The molecule has 2 nitrogen and oxygen atoms in total. The lowest BCUT2D eigenvalue weighted by Gasteiger charge is -2.37. The van der Waals surface area contributed by atoms with Crippen LogP contribution in [0.4, 0.5) is 0 Å². The average molecular weight is 180 g/mol. The Labute approximate surface area is 74.9 Å². The predicted octanol–water partition coefficient (Wildman–Crippen LogP) is 1.43. The van der Waals surface area contributed by atoms with E-state index in [1.165, 1.54) is 0 Å². The van der Waals surface area contributed by atoms with Crippen LogP contribution in [-0.2, 0) is 4.74 Å². The SMILES string of the molecule is CC1(C)COCCC1CN.Cl. The highest BCUT2D eigenvalue weighted by Gasteiger charge is 2.31. The molecular formula is C8H18ClNO. The maximum atomic E-state index is 5.62. The van der Waals surface area contributed by atoms with Crippen LogP contribution >= 0.6 is 12.4 Å². The lowest BCUT2D eigenvalue weighted by atomic mass is 9.76. The van der Waals surface area contributed by atoms with Crippen LogP contribution in [0.15, 0.2) is 0 Å².